The predicted octanol–water partition coefficient (Wildman–Crippen LogP) is 1.25. The average molecular weight is 181 g/mol. The monoisotopic (exact) mass is 181 g/mol. The van der Waals surface area contributed by atoms with E-state index >= 15 is 0 Å². The van der Waals surface area contributed by atoms with Crippen molar-refractivity contribution in [2.75, 3.05) is 0 Å². The zero-order chi connectivity index (χ0) is 9.84. The molecule has 2 aromatic heterocycles. The van der Waals surface area contributed by atoms with Crippen LogP contribution in [0.5, 0.6) is 0 Å². The van der Waals surface area contributed by atoms with E-state index in [2.05, 4.69) is 19.4 Å². The minimum absolute atomic E-state index is 0.251. The van der Waals surface area contributed by atoms with Gasteiger partial charge in [-0.1, -0.05) is 13.8 Å². The van der Waals surface area contributed by atoms with Gasteiger partial charge in [0.05, 0.1) is 11.9 Å². The van der Waals surface area contributed by atoms with E-state index in [4.69, 9.17) is 0 Å². The highest BCUT2D eigenvalue weighted by molar-refractivity contribution is 5.60. The first-order valence-electron chi connectivity index (χ1n) is 4.08. The molecule has 5 nitrogen and oxygen atoms in total. The number of rotatable bonds is 0. The summed E-state index contributed by atoms with van der Waals surface area (Å²) in [5, 5.41) is 0. The van der Waals surface area contributed by atoms with Gasteiger partial charge in [-0.05, 0) is 6.92 Å². The van der Waals surface area contributed by atoms with Crippen LogP contribution in [-0.4, -0.2) is 15.0 Å². The number of H-pyrrole nitrogens is 1. The Kier molecular flexibility index (Phi) is 2.79. The van der Waals surface area contributed by atoms with Gasteiger partial charge in [0.1, 0.15) is 0 Å². The van der Waals surface area contributed by atoms with E-state index in [1.165, 1.54) is 0 Å². The van der Waals surface area contributed by atoms with Gasteiger partial charge in [0.2, 0.25) is 0 Å². The lowest BCUT2D eigenvalue weighted by atomic mass is 10.5. The number of fused-ring (bicyclic) bond motifs is 1. The van der Waals surface area contributed by atoms with Crippen molar-refractivity contribution < 1.29 is 4.42 Å². The fourth-order valence-corrected chi connectivity index (χ4v) is 0.832. The number of aromatic nitrogens is 3. The number of nitrogens with zero attached hydrogens (tertiary/aromatic N) is 2. The molecular formula is C8H11N3O2. The van der Waals surface area contributed by atoms with Crippen LogP contribution in [0.4, 0.5) is 0 Å². The number of oxazole rings is 1. The fourth-order valence-electron chi connectivity index (χ4n) is 0.832. The molecule has 0 aliphatic heterocycles. The molecule has 1 N–H and O–H groups in total. The quantitative estimate of drug-likeness (QED) is 0.663. The van der Waals surface area contributed by atoms with Gasteiger partial charge in [-0.25, -0.2) is 14.8 Å². The number of hydrogen-bond donors (Lipinski definition) is 1. The highest BCUT2D eigenvalue weighted by Gasteiger charge is 2.01. The number of nitrogens with one attached hydrogen (secondary N) is 1. The van der Waals surface area contributed by atoms with Crippen molar-refractivity contribution in [3.05, 3.63) is 22.4 Å². The lowest BCUT2D eigenvalue weighted by Gasteiger charge is -1.86. The molecule has 2 heterocycles. The molecule has 0 spiro atoms. The molecule has 70 valence electrons. The van der Waals surface area contributed by atoms with Gasteiger partial charge < -0.3 is 4.42 Å². The van der Waals surface area contributed by atoms with Crippen LogP contribution in [0.25, 0.3) is 11.4 Å². The summed E-state index contributed by atoms with van der Waals surface area (Å²) in [6.07, 6.45) is 1.54. The van der Waals surface area contributed by atoms with Crippen LogP contribution in [0.1, 0.15) is 19.5 Å². The molecule has 0 saturated heterocycles. The maximum atomic E-state index is 10.6. The van der Waals surface area contributed by atoms with E-state index < -0.39 is 5.76 Å². The molecule has 0 fully saturated rings. The minimum atomic E-state index is -0.523. The Morgan fingerprint density at radius 2 is 2.15 bits per heavy atom. The first-order chi connectivity index (χ1) is 6.25. The molecule has 0 aliphatic rings. The Bertz CT molecular complexity index is 444. The van der Waals surface area contributed by atoms with Crippen LogP contribution in [0.15, 0.2) is 15.4 Å². The summed E-state index contributed by atoms with van der Waals surface area (Å²) in [5.74, 6) is -0.523. The smallest absolute Gasteiger partial charge is 0.387 e. The Morgan fingerprint density at radius 3 is 2.85 bits per heavy atom. The molecule has 0 amide bonds. The second-order valence-corrected chi connectivity index (χ2v) is 2.18. The topological polar surface area (TPSA) is 71.8 Å². The normalized spacial score (nSPS) is 9.46. The van der Waals surface area contributed by atoms with E-state index in [-0.39, 0.29) is 5.71 Å². The molecule has 2 rings (SSSR count). The lowest BCUT2D eigenvalue weighted by Crippen LogP contribution is -1.93. The van der Waals surface area contributed by atoms with Gasteiger partial charge in [-0.2, -0.15) is 0 Å². The van der Waals surface area contributed by atoms with E-state index in [0.29, 0.717) is 5.65 Å². The zero-order valence-corrected chi connectivity index (χ0v) is 7.79. The molecule has 5 heteroatoms. The molecule has 0 aliphatic carbocycles. The van der Waals surface area contributed by atoms with E-state index in [0.717, 1.165) is 5.69 Å². The third-order valence-electron chi connectivity index (χ3n) is 1.27. The standard InChI is InChI=1S/C6H5N3O2.C2H6/c1-3-2-7-5-4(8-3)9-6(10)11-5;1-2/h2H,1H3,(H,8,9,10);1-2H3. The Balaban J connectivity index is 0.000000396. The first kappa shape index (κ1) is 9.44. The van der Waals surface area contributed by atoms with E-state index in [9.17, 15) is 4.79 Å². The molecule has 0 atom stereocenters. The number of aryl methyl sites for hydroxylation is 1. The largest absolute Gasteiger partial charge is 0.419 e. The molecule has 2 aromatic rings. The van der Waals surface area contributed by atoms with Crippen molar-refractivity contribution in [1.29, 1.82) is 0 Å². The minimum Gasteiger partial charge on any atom is -0.387 e. The summed E-state index contributed by atoms with van der Waals surface area (Å²) in [6, 6.07) is 0. The second kappa shape index (κ2) is 3.84. The second-order valence-electron chi connectivity index (χ2n) is 2.18. The highest BCUT2D eigenvalue weighted by Crippen LogP contribution is 2.01. The van der Waals surface area contributed by atoms with Crippen LogP contribution < -0.4 is 5.76 Å². The lowest BCUT2D eigenvalue weighted by molar-refractivity contribution is 0.545. The maximum Gasteiger partial charge on any atom is 0.419 e. The van der Waals surface area contributed by atoms with Crippen molar-refractivity contribution in [3.63, 3.8) is 0 Å². The summed E-state index contributed by atoms with van der Waals surface area (Å²) in [5.41, 5.74) is 1.39. The van der Waals surface area contributed by atoms with Gasteiger partial charge in [0.15, 0.2) is 5.65 Å². The summed E-state index contributed by atoms with van der Waals surface area (Å²) in [4.78, 5) is 20.8. The van der Waals surface area contributed by atoms with Crippen LogP contribution in [0.3, 0.4) is 0 Å². The maximum absolute atomic E-state index is 10.6. The predicted molar refractivity (Wildman–Crippen MR) is 48.5 cm³/mol. The number of hydrogen-bond acceptors (Lipinski definition) is 4. The van der Waals surface area contributed by atoms with Gasteiger partial charge in [0.25, 0.3) is 5.71 Å². The number of aromatic amines is 1. The molecule has 0 unspecified atom stereocenters. The van der Waals surface area contributed by atoms with Crippen LogP contribution in [-0.2, 0) is 0 Å². The average Bonchev–Trinajstić information content (AvgIpc) is 2.48. The van der Waals surface area contributed by atoms with Crippen LogP contribution in [0.2, 0.25) is 0 Å². The van der Waals surface area contributed by atoms with E-state index in [1.807, 2.05) is 13.8 Å². The summed E-state index contributed by atoms with van der Waals surface area (Å²) < 4.78 is 4.64. The van der Waals surface area contributed by atoms with Gasteiger partial charge in [-0.3, -0.25) is 4.98 Å². The Hall–Kier alpha value is -1.65. The summed E-state index contributed by atoms with van der Waals surface area (Å²) in [6.45, 7) is 5.79. The Labute approximate surface area is 74.8 Å². The van der Waals surface area contributed by atoms with Crippen LogP contribution >= 0.6 is 0 Å². The fraction of sp³-hybridized carbons (Fsp3) is 0.375. The summed E-state index contributed by atoms with van der Waals surface area (Å²) in [7, 11) is 0. The molecule has 0 saturated carbocycles. The van der Waals surface area contributed by atoms with Gasteiger partial charge in [-0.15, -0.1) is 0 Å². The van der Waals surface area contributed by atoms with E-state index in [1.54, 1.807) is 13.1 Å². The van der Waals surface area contributed by atoms with Crippen molar-refractivity contribution in [1.82, 2.24) is 15.0 Å². The SMILES string of the molecule is CC.Cc1cnc2oc(=O)[nH]c2n1. The molecule has 0 radical (unpaired) electrons. The van der Waals surface area contributed by atoms with Crippen molar-refractivity contribution >= 4 is 11.4 Å². The van der Waals surface area contributed by atoms with Crippen molar-refractivity contribution in [3.8, 4) is 0 Å². The van der Waals surface area contributed by atoms with Crippen molar-refractivity contribution in [2.45, 2.75) is 20.8 Å². The van der Waals surface area contributed by atoms with Crippen molar-refractivity contribution in [2.24, 2.45) is 0 Å². The zero-order valence-electron chi connectivity index (χ0n) is 7.79. The molecule has 0 aromatic carbocycles. The Morgan fingerprint density at radius 1 is 1.46 bits per heavy atom. The first-order valence-corrected chi connectivity index (χ1v) is 4.08. The molecule has 13 heavy (non-hydrogen) atoms. The van der Waals surface area contributed by atoms with Gasteiger partial charge >= 0.3 is 5.76 Å². The third kappa shape index (κ3) is 1.93. The highest BCUT2D eigenvalue weighted by atomic mass is 16.4. The summed E-state index contributed by atoms with van der Waals surface area (Å²) >= 11 is 0. The third-order valence-corrected chi connectivity index (χ3v) is 1.27. The van der Waals surface area contributed by atoms with Crippen LogP contribution in [0, 0.1) is 6.92 Å². The van der Waals surface area contributed by atoms with Gasteiger partial charge in [0, 0.05) is 0 Å². The molecular weight excluding hydrogens is 170 g/mol. The molecule has 0 bridgehead atoms.